The van der Waals surface area contributed by atoms with Gasteiger partial charge < -0.3 is 10.6 Å². The Labute approximate surface area is 131 Å². The number of carbonyl (C=O) groups excluding carboxylic acids is 1. The highest BCUT2D eigenvalue weighted by Crippen LogP contribution is 2.28. The van der Waals surface area contributed by atoms with Crippen LogP contribution in [0.3, 0.4) is 0 Å². The summed E-state index contributed by atoms with van der Waals surface area (Å²) in [5.74, 6) is 0.420. The molecule has 0 aliphatic heterocycles. The molecule has 0 aromatic heterocycles. The Balaban J connectivity index is 1.87. The van der Waals surface area contributed by atoms with Crippen LogP contribution in [0.2, 0.25) is 0 Å². The average Bonchev–Trinajstić information content (AvgIpc) is 3.30. The fourth-order valence-electron chi connectivity index (χ4n) is 2.00. The molecular weight excluding hydrogens is 302 g/mol. The molecule has 1 saturated carbocycles. The fraction of sp³-hybridized carbons (Fsp3) is 0.533. The van der Waals surface area contributed by atoms with Gasteiger partial charge in [0.1, 0.15) is 0 Å². The summed E-state index contributed by atoms with van der Waals surface area (Å²) >= 11 is 0. The van der Waals surface area contributed by atoms with E-state index < -0.39 is 10.0 Å². The maximum atomic E-state index is 12.1. The minimum absolute atomic E-state index is 0.0716. The molecule has 22 heavy (non-hydrogen) atoms. The molecule has 0 atom stereocenters. The maximum absolute atomic E-state index is 12.1. The van der Waals surface area contributed by atoms with E-state index in [1.165, 1.54) is 12.1 Å². The first-order chi connectivity index (χ1) is 10.5. The number of amides is 1. The van der Waals surface area contributed by atoms with E-state index in [2.05, 4.69) is 15.4 Å². The zero-order valence-electron chi connectivity index (χ0n) is 12.8. The van der Waals surface area contributed by atoms with Gasteiger partial charge in [0.2, 0.25) is 15.9 Å². The first kappa shape index (κ1) is 16.9. The number of anilines is 1. The monoisotopic (exact) mass is 325 g/mol. The zero-order chi connectivity index (χ0) is 16.0. The molecule has 0 saturated heterocycles. The lowest BCUT2D eigenvalue weighted by Crippen LogP contribution is -2.25. The van der Waals surface area contributed by atoms with Gasteiger partial charge in [0.05, 0.1) is 4.90 Å². The molecule has 0 unspecified atom stereocenters. The van der Waals surface area contributed by atoms with Crippen molar-refractivity contribution in [1.82, 2.24) is 10.0 Å². The van der Waals surface area contributed by atoms with Crippen molar-refractivity contribution >= 4 is 21.6 Å². The van der Waals surface area contributed by atoms with Gasteiger partial charge >= 0.3 is 0 Å². The van der Waals surface area contributed by atoms with Gasteiger partial charge in [-0.2, -0.15) is 0 Å². The van der Waals surface area contributed by atoms with Crippen LogP contribution in [-0.2, 0) is 14.8 Å². The lowest BCUT2D eigenvalue weighted by molar-refractivity contribution is -0.116. The maximum Gasteiger partial charge on any atom is 0.240 e. The van der Waals surface area contributed by atoms with E-state index in [1.807, 2.05) is 7.05 Å². The van der Waals surface area contributed by atoms with Crippen molar-refractivity contribution in [2.75, 3.05) is 25.5 Å². The van der Waals surface area contributed by atoms with Gasteiger partial charge in [-0.3, -0.25) is 4.79 Å². The Morgan fingerprint density at radius 2 is 1.91 bits per heavy atom. The summed E-state index contributed by atoms with van der Waals surface area (Å²) in [5, 5.41) is 5.74. The normalized spacial score (nSPS) is 14.8. The summed E-state index contributed by atoms with van der Waals surface area (Å²) in [6, 6.07) is 6.25. The lowest BCUT2D eigenvalue weighted by atomic mass is 10.2. The molecule has 1 aliphatic carbocycles. The number of hydrogen-bond donors (Lipinski definition) is 3. The van der Waals surface area contributed by atoms with Crippen LogP contribution in [-0.4, -0.2) is 34.5 Å². The predicted molar refractivity (Wildman–Crippen MR) is 86.1 cm³/mol. The van der Waals surface area contributed by atoms with E-state index >= 15 is 0 Å². The zero-order valence-corrected chi connectivity index (χ0v) is 13.6. The average molecular weight is 325 g/mol. The third kappa shape index (κ3) is 5.40. The highest BCUT2D eigenvalue weighted by molar-refractivity contribution is 7.89. The van der Waals surface area contributed by atoms with Gasteiger partial charge in [-0.1, -0.05) is 0 Å². The van der Waals surface area contributed by atoms with Gasteiger partial charge in [0, 0.05) is 18.7 Å². The van der Waals surface area contributed by atoms with Crippen LogP contribution in [0.25, 0.3) is 0 Å². The Morgan fingerprint density at radius 1 is 1.23 bits per heavy atom. The first-order valence-corrected chi connectivity index (χ1v) is 9.04. The molecule has 2 rings (SSSR count). The number of benzene rings is 1. The number of rotatable bonds is 9. The fourth-order valence-corrected chi connectivity index (χ4v) is 3.12. The van der Waals surface area contributed by atoms with Crippen LogP contribution < -0.4 is 15.4 Å². The smallest absolute Gasteiger partial charge is 0.240 e. The standard InChI is InChI=1S/C15H23N3O3S/c1-16-10-2-3-15(19)18-13-6-8-14(9-7-13)22(20,21)17-11-12-4-5-12/h6-9,12,16-17H,2-5,10-11H2,1H3,(H,18,19). The van der Waals surface area contributed by atoms with Gasteiger partial charge in [-0.05, 0) is 63.0 Å². The van der Waals surface area contributed by atoms with E-state index in [9.17, 15) is 13.2 Å². The van der Waals surface area contributed by atoms with Crippen molar-refractivity contribution in [2.24, 2.45) is 5.92 Å². The van der Waals surface area contributed by atoms with Gasteiger partial charge in [-0.15, -0.1) is 0 Å². The van der Waals surface area contributed by atoms with Crippen LogP contribution in [0.1, 0.15) is 25.7 Å². The van der Waals surface area contributed by atoms with Crippen molar-refractivity contribution in [3.8, 4) is 0 Å². The molecule has 0 spiro atoms. The largest absolute Gasteiger partial charge is 0.326 e. The Bertz CT molecular complexity index is 595. The van der Waals surface area contributed by atoms with Crippen LogP contribution in [0.5, 0.6) is 0 Å². The molecule has 0 heterocycles. The first-order valence-electron chi connectivity index (χ1n) is 7.55. The third-order valence-corrected chi connectivity index (χ3v) is 4.98. The molecule has 1 aliphatic rings. The number of hydrogen-bond acceptors (Lipinski definition) is 4. The van der Waals surface area contributed by atoms with Crippen LogP contribution >= 0.6 is 0 Å². The van der Waals surface area contributed by atoms with Gasteiger partial charge in [-0.25, -0.2) is 13.1 Å². The molecule has 1 aromatic carbocycles. The second kappa shape index (κ2) is 7.71. The number of sulfonamides is 1. The Morgan fingerprint density at radius 3 is 2.50 bits per heavy atom. The molecule has 1 aromatic rings. The molecule has 1 fully saturated rings. The third-order valence-electron chi connectivity index (χ3n) is 3.54. The van der Waals surface area contributed by atoms with Crippen molar-refractivity contribution in [1.29, 1.82) is 0 Å². The van der Waals surface area contributed by atoms with Gasteiger partial charge in [0.15, 0.2) is 0 Å². The van der Waals surface area contributed by atoms with Gasteiger partial charge in [0.25, 0.3) is 0 Å². The summed E-state index contributed by atoms with van der Waals surface area (Å²) < 4.78 is 26.7. The second-order valence-electron chi connectivity index (χ2n) is 5.57. The van der Waals surface area contributed by atoms with Crippen LogP contribution in [0, 0.1) is 5.92 Å². The van der Waals surface area contributed by atoms with Crippen molar-refractivity contribution in [3.05, 3.63) is 24.3 Å². The summed E-state index contributed by atoms with van der Waals surface area (Å²) in [7, 11) is -1.61. The highest BCUT2D eigenvalue weighted by Gasteiger charge is 2.24. The van der Waals surface area contributed by atoms with E-state index in [1.54, 1.807) is 12.1 Å². The quantitative estimate of drug-likeness (QED) is 0.598. The number of nitrogens with one attached hydrogen (secondary N) is 3. The summed E-state index contributed by atoms with van der Waals surface area (Å²) in [6.45, 7) is 1.30. The van der Waals surface area contributed by atoms with Crippen LogP contribution in [0.4, 0.5) is 5.69 Å². The van der Waals surface area contributed by atoms with Crippen LogP contribution in [0.15, 0.2) is 29.2 Å². The molecular formula is C15H23N3O3S. The minimum atomic E-state index is -3.45. The van der Waals surface area contributed by atoms with E-state index in [0.717, 1.165) is 25.8 Å². The molecule has 7 heteroatoms. The minimum Gasteiger partial charge on any atom is -0.326 e. The summed E-state index contributed by atoms with van der Waals surface area (Å²) in [4.78, 5) is 11.9. The molecule has 1 amide bonds. The molecule has 0 bridgehead atoms. The number of carbonyl (C=O) groups is 1. The molecule has 122 valence electrons. The van der Waals surface area contributed by atoms with E-state index in [-0.39, 0.29) is 10.8 Å². The van der Waals surface area contributed by atoms with E-state index in [0.29, 0.717) is 24.6 Å². The Hall–Kier alpha value is -1.44. The van der Waals surface area contributed by atoms with Crippen molar-refractivity contribution in [2.45, 2.75) is 30.6 Å². The molecule has 0 radical (unpaired) electrons. The topological polar surface area (TPSA) is 87.3 Å². The lowest BCUT2D eigenvalue weighted by Gasteiger charge is -2.08. The SMILES string of the molecule is CNCCCC(=O)Nc1ccc(S(=O)(=O)NCC2CC2)cc1. The Kier molecular flexibility index (Phi) is 5.93. The van der Waals surface area contributed by atoms with E-state index in [4.69, 9.17) is 0 Å². The van der Waals surface area contributed by atoms with Crippen molar-refractivity contribution < 1.29 is 13.2 Å². The summed E-state index contributed by atoms with van der Waals surface area (Å²) in [6.07, 6.45) is 3.39. The summed E-state index contributed by atoms with van der Waals surface area (Å²) in [5.41, 5.74) is 0.607. The van der Waals surface area contributed by atoms with Crippen molar-refractivity contribution in [3.63, 3.8) is 0 Å². The second-order valence-corrected chi connectivity index (χ2v) is 7.34. The molecule has 6 nitrogen and oxygen atoms in total. The predicted octanol–water partition coefficient (Wildman–Crippen LogP) is 1.31. The molecule has 3 N–H and O–H groups in total. The highest BCUT2D eigenvalue weighted by atomic mass is 32.2.